The zero-order valence-corrected chi connectivity index (χ0v) is 25.1. The predicted molar refractivity (Wildman–Crippen MR) is 148 cm³/mol. The van der Waals surface area contributed by atoms with Crippen molar-refractivity contribution >= 4 is 5.91 Å². The van der Waals surface area contributed by atoms with Crippen LogP contribution in [0.5, 0.6) is 0 Å². The van der Waals surface area contributed by atoms with Gasteiger partial charge in [-0.3, -0.25) is 9.48 Å². The summed E-state index contributed by atoms with van der Waals surface area (Å²) in [7, 11) is 0. The first-order chi connectivity index (χ1) is 16.6. The lowest BCUT2D eigenvalue weighted by atomic mass is 9.82. The van der Waals surface area contributed by atoms with Crippen molar-refractivity contribution in [3.8, 4) is 0 Å². The van der Waals surface area contributed by atoms with Gasteiger partial charge in [-0.2, -0.15) is 0 Å². The summed E-state index contributed by atoms with van der Waals surface area (Å²) < 4.78 is 13.9. The van der Waals surface area contributed by atoms with E-state index < -0.39 is 0 Å². The zero-order chi connectivity index (χ0) is 27.5. The van der Waals surface area contributed by atoms with Crippen LogP contribution in [0.15, 0.2) is 6.20 Å². The summed E-state index contributed by atoms with van der Waals surface area (Å²) in [5.41, 5.74) is 0.769. The van der Waals surface area contributed by atoms with Gasteiger partial charge >= 0.3 is 0 Å². The van der Waals surface area contributed by atoms with Crippen LogP contribution < -0.4 is 5.32 Å². The number of hydrogen-bond donors (Lipinski definition) is 1. The minimum absolute atomic E-state index is 0.0347. The van der Waals surface area contributed by atoms with Crippen molar-refractivity contribution in [2.45, 2.75) is 138 Å². The fraction of sp³-hybridized carbons (Fsp3) is 0.897. The van der Waals surface area contributed by atoms with Crippen LogP contribution in [0, 0.1) is 10.8 Å². The van der Waals surface area contributed by atoms with Crippen molar-refractivity contribution in [3.63, 3.8) is 0 Å². The molecule has 0 atom stereocenters. The van der Waals surface area contributed by atoms with Gasteiger partial charge in [-0.15, -0.1) is 5.10 Å². The van der Waals surface area contributed by atoms with Crippen molar-refractivity contribution in [1.82, 2.24) is 20.3 Å². The first kappa shape index (κ1) is 32.6. The Bertz CT molecular complexity index is 768. The van der Waals surface area contributed by atoms with E-state index in [9.17, 15) is 4.79 Å². The molecule has 1 rings (SSSR count). The number of amides is 1. The van der Waals surface area contributed by atoms with Crippen LogP contribution >= 0.6 is 0 Å². The van der Waals surface area contributed by atoms with E-state index in [1.807, 2.05) is 17.8 Å². The molecule has 36 heavy (non-hydrogen) atoms. The van der Waals surface area contributed by atoms with Crippen molar-refractivity contribution in [2.24, 2.45) is 10.8 Å². The van der Waals surface area contributed by atoms with Crippen LogP contribution in [0.2, 0.25) is 0 Å². The largest absolute Gasteiger partial charge is 0.376 e. The Labute approximate surface area is 221 Å². The molecule has 0 bridgehead atoms. The quantitative estimate of drug-likeness (QED) is 0.236. The number of nitrogens with one attached hydrogen (secondary N) is 1. The van der Waals surface area contributed by atoms with Crippen LogP contribution in [0.1, 0.15) is 120 Å². The van der Waals surface area contributed by atoms with Crippen molar-refractivity contribution < 1.29 is 14.3 Å². The summed E-state index contributed by atoms with van der Waals surface area (Å²) in [6, 6.07) is 0. The van der Waals surface area contributed by atoms with E-state index in [4.69, 9.17) is 9.47 Å². The second-order valence-electron chi connectivity index (χ2n) is 13.2. The van der Waals surface area contributed by atoms with Gasteiger partial charge in [0.05, 0.1) is 23.5 Å². The number of hydrogen-bond acceptors (Lipinski definition) is 5. The molecule has 0 aliphatic heterocycles. The second kappa shape index (κ2) is 14.5. The molecule has 0 radical (unpaired) electrons. The van der Waals surface area contributed by atoms with Gasteiger partial charge in [-0.05, 0) is 65.7 Å². The summed E-state index contributed by atoms with van der Waals surface area (Å²) in [4.78, 5) is 12.5. The zero-order valence-electron chi connectivity index (χ0n) is 25.1. The maximum atomic E-state index is 12.5. The minimum atomic E-state index is -0.183. The molecule has 1 heterocycles. The monoisotopic (exact) mass is 508 g/mol. The molecule has 7 heteroatoms. The molecule has 1 N–H and O–H groups in total. The summed E-state index contributed by atoms with van der Waals surface area (Å²) in [5, 5.41) is 11.5. The average Bonchev–Trinajstić information content (AvgIpc) is 3.21. The Kier molecular flexibility index (Phi) is 13.1. The second-order valence-corrected chi connectivity index (χ2v) is 13.2. The van der Waals surface area contributed by atoms with Gasteiger partial charge in [0.2, 0.25) is 5.91 Å². The number of aryl methyl sites for hydroxylation is 2. The molecule has 210 valence electrons. The molecule has 7 nitrogen and oxygen atoms in total. The Morgan fingerprint density at radius 3 is 2.22 bits per heavy atom. The van der Waals surface area contributed by atoms with Crippen molar-refractivity contribution in [1.29, 1.82) is 0 Å². The fourth-order valence-electron chi connectivity index (χ4n) is 4.39. The van der Waals surface area contributed by atoms with Crippen LogP contribution in [-0.4, -0.2) is 51.9 Å². The Morgan fingerprint density at radius 2 is 1.58 bits per heavy atom. The number of carbonyl (C=O) groups is 1. The van der Waals surface area contributed by atoms with E-state index in [-0.39, 0.29) is 22.5 Å². The highest BCUT2D eigenvalue weighted by atomic mass is 16.5. The number of carbonyl (C=O) groups excluding carboxylic acids is 1. The van der Waals surface area contributed by atoms with Crippen LogP contribution in [0.3, 0.4) is 0 Å². The molecule has 0 spiro atoms. The third-order valence-electron chi connectivity index (χ3n) is 6.85. The van der Waals surface area contributed by atoms with E-state index in [2.05, 4.69) is 77.9 Å². The Balaban J connectivity index is 2.34. The first-order valence-electron chi connectivity index (χ1n) is 14.0. The topological polar surface area (TPSA) is 78.3 Å². The summed E-state index contributed by atoms with van der Waals surface area (Å²) in [5.74, 6) is 0.0347. The summed E-state index contributed by atoms with van der Waals surface area (Å²) in [6.07, 6.45) is 9.72. The van der Waals surface area contributed by atoms with E-state index in [1.165, 1.54) is 25.7 Å². The smallest absolute Gasteiger partial charge is 0.220 e. The molecular formula is C29H56N4O3. The number of rotatable bonds is 19. The van der Waals surface area contributed by atoms with E-state index in [0.717, 1.165) is 25.1 Å². The van der Waals surface area contributed by atoms with Crippen LogP contribution in [-0.2, 0) is 27.2 Å². The molecule has 1 aromatic rings. The molecule has 0 aromatic carbocycles. The van der Waals surface area contributed by atoms with Gasteiger partial charge < -0.3 is 14.8 Å². The Hall–Kier alpha value is -1.47. The lowest BCUT2D eigenvalue weighted by molar-refractivity contribution is -0.122. The number of ether oxygens (including phenoxy) is 2. The number of aromatic nitrogens is 3. The van der Waals surface area contributed by atoms with Gasteiger partial charge in [-0.1, -0.05) is 52.7 Å². The highest BCUT2D eigenvalue weighted by Gasteiger charge is 2.26. The van der Waals surface area contributed by atoms with Crippen LogP contribution in [0.25, 0.3) is 0 Å². The molecule has 1 amide bonds. The average molecular weight is 509 g/mol. The van der Waals surface area contributed by atoms with Gasteiger partial charge in [0.1, 0.15) is 0 Å². The lowest BCUT2D eigenvalue weighted by Gasteiger charge is -2.33. The van der Waals surface area contributed by atoms with E-state index in [0.29, 0.717) is 38.0 Å². The van der Waals surface area contributed by atoms with E-state index in [1.54, 1.807) is 0 Å². The highest BCUT2D eigenvalue weighted by Crippen LogP contribution is 2.31. The molecule has 0 aliphatic rings. The van der Waals surface area contributed by atoms with E-state index >= 15 is 0 Å². The maximum absolute atomic E-state index is 12.5. The normalized spacial score (nSPS) is 13.3. The van der Waals surface area contributed by atoms with Gasteiger partial charge in [0.15, 0.2) is 0 Å². The first-order valence-corrected chi connectivity index (χ1v) is 14.0. The molecular weight excluding hydrogens is 452 g/mol. The molecule has 0 unspecified atom stereocenters. The van der Waals surface area contributed by atoms with Crippen molar-refractivity contribution in [2.75, 3.05) is 19.8 Å². The van der Waals surface area contributed by atoms with Gasteiger partial charge in [0.25, 0.3) is 0 Å². The van der Waals surface area contributed by atoms with Crippen molar-refractivity contribution in [3.05, 3.63) is 11.9 Å². The van der Waals surface area contributed by atoms with Gasteiger partial charge in [-0.25, -0.2) is 0 Å². The van der Waals surface area contributed by atoms with Gasteiger partial charge in [0, 0.05) is 44.1 Å². The highest BCUT2D eigenvalue weighted by molar-refractivity contribution is 5.76. The summed E-state index contributed by atoms with van der Waals surface area (Å²) >= 11 is 0. The standard InChI is InChI=1S/C29H56N4O3/c1-11-16-26(3,4)17-13-18-28(7,8)36-23-27(5,6)22-30-25(34)15-14-24-21-33(32-31-24)20-19-29(9,10)35-12-2/h21H,11-20,22-23H2,1-10H3,(H,30,34). The van der Waals surface area contributed by atoms with Crippen LogP contribution in [0.4, 0.5) is 0 Å². The maximum Gasteiger partial charge on any atom is 0.220 e. The molecule has 0 saturated heterocycles. The molecule has 0 saturated carbocycles. The molecule has 0 fully saturated rings. The molecule has 0 aliphatic carbocycles. The number of nitrogens with zero attached hydrogens (tertiary/aromatic N) is 3. The predicted octanol–water partition coefficient (Wildman–Crippen LogP) is 6.35. The third kappa shape index (κ3) is 14.3. The lowest BCUT2D eigenvalue weighted by Crippen LogP contribution is -2.39. The minimum Gasteiger partial charge on any atom is -0.376 e. The summed E-state index contributed by atoms with van der Waals surface area (Å²) in [6.45, 7) is 24.4. The third-order valence-corrected chi connectivity index (χ3v) is 6.85. The SMILES string of the molecule is CCCC(C)(C)CCCC(C)(C)OCC(C)(C)CNC(=O)CCc1cn(CCC(C)(C)OCC)nn1. The molecule has 1 aromatic heterocycles. The Morgan fingerprint density at radius 1 is 0.917 bits per heavy atom. The fourth-order valence-corrected chi connectivity index (χ4v) is 4.39.